The van der Waals surface area contributed by atoms with Crippen molar-refractivity contribution in [3.63, 3.8) is 0 Å². The second kappa shape index (κ2) is 4.15. The Labute approximate surface area is 82.7 Å². The molecule has 0 aliphatic carbocycles. The highest BCUT2D eigenvalue weighted by Crippen LogP contribution is 2.26. The lowest BCUT2D eigenvalue weighted by Crippen LogP contribution is -1.93. The van der Waals surface area contributed by atoms with Gasteiger partial charge in [0.25, 0.3) is 0 Å². The van der Waals surface area contributed by atoms with E-state index in [4.69, 9.17) is 21.6 Å². The number of hydrogen-bond acceptors (Lipinski definition) is 2. The first-order valence-electron chi connectivity index (χ1n) is 3.89. The van der Waals surface area contributed by atoms with Crippen LogP contribution in [0.5, 0.6) is 5.75 Å². The van der Waals surface area contributed by atoms with Crippen molar-refractivity contribution in [2.45, 2.75) is 13.3 Å². The van der Waals surface area contributed by atoms with Crippen LogP contribution in [0.4, 0.5) is 0 Å². The summed E-state index contributed by atoms with van der Waals surface area (Å²) >= 11 is 5.85. The number of nitriles is 1. The lowest BCUT2D eigenvalue weighted by molar-refractivity contribution is 0.411. The fourth-order valence-corrected chi connectivity index (χ4v) is 1.42. The molecule has 3 heteroatoms. The Morgan fingerprint density at radius 3 is 2.77 bits per heavy atom. The summed E-state index contributed by atoms with van der Waals surface area (Å²) in [5.74, 6) is 0.734. The average molecular weight is 196 g/mol. The van der Waals surface area contributed by atoms with E-state index in [0.29, 0.717) is 11.4 Å². The maximum absolute atomic E-state index is 8.56. The van der Waals surface area contributed by atoms with Crippen molar-refractivity contribution in [1.82, 2.24) is 0 Å². The fourth-order valence-electron chi connectivity index (χ4n) is 1.19. The Bertz CT molecular complexity index is 355. The molecule has 0 saturated heterocycles. The van der Waals surface area contributed by atoms with E-state index in [-0.39, 0.29) is 0 Å². The minimum absolute atomic E-state index is 0.364. The molecule has 0 radical (unpaired) electrons. The molecule has 0 N–H and O–H groups in total. The molecule has 1 rings (SSSR count). The number of halogens is 1. The standard InChI is InChI=1S/C10H10ClNO/c1-7-8(3-4-12)5-9(11)6-10(7)13-2/h5-6H,3H2,1-2H3. The van der Waals surface area contributed by atoms with Crippen LogP contribution in [0, 0.1) is 18.3 Å². The van der Waals surface area contributed by atoms with Crippen molar-refractivity contribution >= 4 is 11.6 Å². The zero-order valence-electron chi connectivity index (χ0n) is 7.60. The molecular weight excluding hydrogens is 186 g/mol. The number of methoxy groups -OCH3 is 1. The molecule has 0 aliphatic rings. The number of ether oxygens (including phenoxy) is 1. The third-order valence-electron chi connectivity index (χ3n) is 1.92. The summed E-state index contributed by atoms with van der Waals surface area (Å²) in [7, 11) is 1.59. The zero-order valence-corrected chi connectivity index (χ0v) is 8.35. The molecule has 0 amide bonds. The first-order valence-corrected chi connectivity index (χ1v) is 4.26. The van der Waals surface area contributed by atoms with Gasteiger partial charge in [-0.25, -0.2) is 0 Å². The van der Waals surface area contributed by atoms with Crippen molar-refractivity contribution in [3.8, 4) is 11.8 Å². The molecule has 0 bridgehead atoms. The van der Waals surface area contributed by atoms with Gasteiger partial charge in [0.15, 0.2) is 0 Å². The molecule has 0 aromatic heterocycles. The minimum Gasteiger partial charge on any atom is -0.496 e. The zero-order chi connectivity index (χ0) is 9.84. The fraction of sp³-hybridized carbons (Fsp3) is 0.300. The van der Waals surface area contributed by atoms with Crippen molar-refractivity contribution in [2.75, 3.05) is 7.11 Å². The molecule has 13 heavy (non-hydrogen) atoms. The Morgan fingerprint density at radius 1 is 1.54 bits per heavy atom. The minimum atomic E-state index is 0.364. The molecule has 0 aliphatic heterocycles. The van der Waals surface area contributed by atoms with E-state index < -0.39 is 0 Å². The third kappa shape index (κ3) is 2.13. The van der Waals surface area contributed by atoms with Gasteiger partial charge in [-0.05, 0) is 30.2 Å². The van der Waals surface area contributed by atoms with Crippen molar-refractivity contribution < 1.29 is 4.74 Å². The van der Waals surface area contributed by atoms with Crippen LogP contribution in [-0.2, 0) is 6.42 Å². The van der Waals surface area contributed by atoms with Gasteiger partial charge in [-0.3, -0.25) is 0 Å². The molecular formula is C10H10ClNO. The molecule has 0 heterocycles. The second-order valence-corrected chi connectivity index (χ2v) is 3.16. The van der Waals surface area contributed by atoms with E-state index in [2.05, 4.69) is 6.07 Å². The maximum atomic E-state index is 8.56. The summed E-state index contributed by atoms with van der Waals surface area (Å²) in [6.07, 6.45) is 0.364. The molecule has 1 aromatic carbocycles. The average Bonchev–Trinajstić information content (AvgIpc) is 2.11. The van der Waals surface area contributed by atoms with E-state index in [9.17, 15) is 0 Å². The van der Waals surface area contributed by atoms with E-state index in [1.54, 1.807) is 19.2 Å². The lowest BCUT2D eigenvalue weighted by Gasteiger charge is -2.08. The van der Waals surface area contributed by atoms with Crippen LogP contribution in [0.25, 0.3) is 0 Å². The molecule has 1 aromatic rings. The summed E-state index contributed by atoms with van der Waals surface area (Å²) in [6.45, 7) is 1.92. The van der Waals surface area contributed by atoms with Crippen LogP contribution in [0.1, 0.15) is 11.1 Å². The van der Waals surface area contributed by atoms with Crippen LogP contribution < -0.4 is 4.74 Å². The smallest absolute Gasteiger partial charge is 0.123 e. The summed E-state index contributed by atoms with van der Waals surface area (Å²) < 4.78 is 5.12. The van der Waals surface area contributed by atoms with Crippen molar-refractivity contribution in [3.05, 3.63) is 28.3 Å². The highest BCUT2D eigenvalue weighted by atomic mass is 35.5. The Morgan fingerprint density at radius 2 is 2.23 bits per heavy atom. The third-order valence-corrected chi connectivity index (χ3v) is 2.14. The Kier molecular flexibility index (Phi) is 3.16. The quantitative estimate of drug-likeness (QED) is 0.727. The molecule has 2 nitrogen and oxygen atoms in total. The highest BCUT2D eigenvalue weighted by Gasteiger charge is 2.05. The van der Waals surface area contributed by atoms with Gasteiger partial charge in [-0.2, -0.15) is 5.26 Å². The summed E-state index contributed by atoms with van der Waals surface area (Å²) in [4.78, 5) is 0. The summed E-state index contributed by atoms with van der Waals surface area (Å²) in [5, 5.41) is 9.17. The largest absolute Gasteiger partial charge is 0.496 e. The van der Waals surface area contributed by atoms with Crippen LogP contribution in [0.15, 0.2) is 12.1 Å². The van der Waals surface area contributed by atoms with Crippen molar-refractivity contribution in [2.24, 2.45) is 0 Å². The van der Waals surface area contributed by atoms with Crippen molar-refractivity contribution in [1.29, 1.82) is 5.26 Å². The van der Waals surface area contributed by atoms with Gasteiger partial charge in [0.1, 0.15) is 5.75 Å². The number of benzene rings is 1. The Hall–Kier alpha value is -1.20. The van der Waals surface area contributed by atoms with Gasteiger partial charge < -0.3 is 4.74 Å². The van der Waals surface area contributed by atoms with E-state index in [1.165, 1.54) is 0 Å². The Balaban J connectivity index is 3.20. The highest BCUT2D eigenvalue weighted by molar-refractivity contribution is 6.30. The summed E-state index contributed by atoms with van der Waals surface area (Å²) in [6, 6.07) is 5.63. The van der Waals surface area contributed by atoms with E-state index in [1.807, 2.05) is 6.92 Å². The normalized spacial score (nSPS) is 9.38. The van der Waals surface area contributed by atoms with Crippen LogP contribution in [0.3, 0.4) is 0 Å². The van der Waals surface area contributed by atoms with Gasteiger partial charge in [0.05, 0.1) is 19.6 Å². The maximum Gasteiger partial charge on any atom is 0.123 e. The van der Waals surface area contributed by atoms with Crippen LogP contribution in [-0.4, -0.2) is 7.11 Å². The molecule has 0 atom stereocenters. The number of rotatable bonds is 2. The van der Waals surface area contributed by atoms with Gasteiger partial charge >= 0.3 is 0 Å². The van der Waals surface area contributed by atoms with Crippen LogP contribution in [0.2, 0.25) is 5.02 Å². The van der Waals surface area contributed by atoms with Gasteiger partial charge in [-0.15, -0.1) is 0 Å². The molecule has 68 valence electrons. The molecule has 0 spiro atoms. The van der Waals surface area contributed by atoms with Gasteiger partial charge in [0, 0.05) is 5.02 Å². The monoisotopic (exact) mass is 195 g/mol. The van der Waals surface area contributed by atoms with Crippen LogP contribution >= 0.6 is 11.6 Å². The molecule has 0 fully saturated rings. The van der Waals surface area contributed by atoms with E-state index in [0.717, 1.165) is 16.9 Å². The first-order chi connectivity index (χ1) is 6.19. The predicted octanol–water partition coefficient (Wildman–Crippen LogP) is 2.72. The SMILES string of the molecule is COc1cc(Cl)cc(CC#N)c1C. The topological polar surface area (TPSA) is 33.0 Å². The van der Waals surface area contributed by atoms with E-state index >= 15 is 0 Å². The first kappa shape index (κ1) is 9.88. The number of hydrogen-bond donors (Lipinski definition) is 0. The lowest BCUT2D eigenvalue weighted by atomic mass is 10.1. The van der Waals surface area contributed by atoms with Gasteiger partial charge in [-0.1, -0.05) is 11.6 Å². The molecule has 0 saturated carbocycles. The number of nitrogens with zero attached hydrogens (tertiary/aromatic N) is 1. The molecule has 0 unspecified atom stereocenters. The summed E-state index contributed by atoms with van der Waals surface area (Å²) in [5.41, 5.74) is 1.90. The van der Waals surface area contributed by atoms with Gasteiger partial charge in [0.2, 0.25) is 0 Å². The predicted molar refractivity (Wildman–Crippen MR) is 52.1 cm³/mol. The second-order valence-electron chi connectivity index (χ2n) is 2.73.